The zero-order chi connectivity index (χ0) is 24.7. The minimum absolute atomic E-state index is 0.101. The van der Waals surface area contributed by atoms with Crippen molar-refractivity contribution in [3.63, 3.8) is 0 Å². The third-order valence-corrected chi connectivity index (χ3v) is 5.37. The maximum atomic E-state index is 13.0. The minimum Gasteiger partial charge on any atom is -0.508 e. The standard InChI is InChI=1S/C24H35N3O6/c1-13(2)9-18(27-24(32)21-20(33-21)23(31)26-12-14(3)4)19(29)11-16(22(25)30)10-15-5-7-17(28)8-6-15/h5-8,13-14,16,18,20-21,28H,9-12H2,1-4H3,(H2,25,30)(H,26,31)(H,27,32)/t16-,18+,20?,21+/m1/s1. The molecule has 0 aliphatic carbocycles. The molecule has 1 aromatic rings. The smallest absolute Gasteiger partial charge is 0.253 e. The number of Topliss-reactive ketones (excluding diaryl/α,β-unsaturated/α-hetero) is 1. The van der Waals surface area contributed by atoms with Crippen LogP contribution in [-0.2, 0) is 30.3 Å². The van der Waals surface area contributed by atoms with Gasteiger partial charge in [-0.25, -0.2) is 0 Å². The van der Waals surface area contributed by atoms with E-state index in [1.165, 1.54) is 12.1 Å². The molecule has 0 saturated carbocycles. The summed E-state index contributed by atoms with van der Waals surface area (Å²) in [5.74, 6) is -2.06. The SMILES string of the molecule is CC(C)CNC(=O)C1O[C@@H]1C(=O)N[C@@H](CC(C)C)C(=O)C[C@@H](Cc1ccc(O)cc1)C(N)=O. The fourth-order valence-corrected chi connectivity index (χ4v) is 3.49. The van der Waals surface area contributed by atoms with E-state index in [4.69, 9.17) is 10.5 Å². The summed E-state index contributed by atoms with van der Waals surface area (Å²) in [5, 5.41) is 14.8. The first-order valence-electron chi connectivity index (χ1n) is 11.3. The van der Waals surface area contributed by atoms with E-state index >= 15 is 0 Å². The van der Waals surface area contributed by atoms with Crippen LogP contribution in [0.15, 0.2) is 24.3 Å². The molecule has 4 atom stereocenters. The lowest BCUT2D eigenvalue weighted by molar-refractivity contribution is -0.131. The quantitative estimate of drug-likeness (QED) is 0.323. The van der Waals surface area contributed by atoms with E-state index in [9.17, 15) is 24.3 Å². The Kier molecular flexibility index (Phi) is 9.40. The second-order valence-electron chi connectivity index (χ2n) is 9.45. The number of phenolic OH excluding ortho intramolecular Hbond substituents is 1. The second kappa shape index (κ2) is 11.8. The van der Waals surface area contributed by atoms with Crippen molar-refractivity contribution < 1.29 is 29.0 Å². The van der Waals surface area contributed by atoms with Crippen molar-refractivity contribution in [3.8, 4) is 5.75 Å². The summed E-state index contributed by atoms with van der Waals surface area (Å²) in [4.78, 5) is 49.7. The van der Waals surface area contributed by atoms with Gasteiger partial charge in [0.25, 0.3) is 11.8 Å². The Morgan fingerprint density at radius 1 is 1.00 bits per heavy atom. The normalized spacial score (nSPS) is 19.1. The van der Waals surface area contributed by atoms with Crippen LogP contribution in [0.2, 0.25) is 0 Å². The predicted molar refractivity (Wildman–Crippen MR) is 122 cm³/mol. The molecule has 9 heteroatoms. The molecule has 0 radical (unpaired) electrons. The summed E-state index contributed by atoms with van der Waals surface area (Å²) in [5.41, 5.74) is 6.29. The lowest BCUT2D eigenvalue weighted by Gasteiger charge is -2.21. The minimum atomic E-state index is -0.927. The van der Waals surface area contributed by atoms with Crippen LogP contribution in [0.25, 0.3) is 0 Å². The number of hydrogen-bond donors (Lipinski definition) is 4. The zero-order valence-corrected chi connectivity index (χ0v) is 19.7. The number of ketones is 1. The second-order valence-corrected chi connectivity index (χ2v) is 9.45. The van der Waals surface area contributed by atoms with Gasteiger partial charge in [-0.2, -0.15) is 0 Å². The molecule has 1 heterocycles. The topological polar surface area (TPSA) is 151 Å². The van der Waals surface area contributed by atoms with Crippen LogP contribution in [0.3, 0.4) is 0 Å². The lowest BCUT2D eigenvalue weighted by atomic mass is 9.89. The average Bonchev–Trinajstić information content (AvgIpc) is 3.53. The van der Waals surface area contributed by atoms with Crippen LogP contribution in [0, 0.1) is 17.8 Å². The summed E-state index contributed by atoms with van der Waals surface area (Å²) in [6.45, 7) is 8.24. The molecule has 182 valence electrons. The number of epoxide rings is 1. The zero-order valence-electron chi connectivity index (χ0n) is 19.7. The number of primary amides is 1. The van der Waals surface area contributed by atoms with Crippen molar-refractivity contribution >= 4 is 23.5 Å². The molecule has 0 aromatic heterocycles. The number of ether oxygens (including phenoxy) is 1. The Morgan fingerprint density at radius 2 is 1.61 bits per heavy atom. The molecular formula is C24H35N3O6. The number of phenols is 1. The summed E-state index contributed by atoms with van der Waals surface area (Å²) in [7, 11) is 0. The van der Waals surface area contributed by atoms with E-state index in [0.717, 1.165) is 5.56 Å². The molecule has 1 fully saturated rings. The van der Waals surface area contributed by atoms with Gasteiger partial charge in [-0.15, -0.1) is 0 Å². The molecule has 2 rings (SSSR count). The van der Waals surface area contributed by atoms with E-state index in [1.54, 1.807) is 12.1 Å². The fourth-order valence-electron chi connectivity index (χ4n) is 3.49. The highest BCUT2D eigenvalue weighted by Gasteiger charge is 2.50. The Bertz CT molecular complexity index is 852. The molecule has 9 nitrogen and oxygen atoms in total. The Hall–Kier alpha value is -2.94. The van der Waals surface area contributed by atoms with Gasteiger partial charge < -0.3 is 26.2 Å². The van der Waals surface area contributed by atoms with Gasteiger partial charge in [0, 0.05) is 18.9 Å². The predicted octanol–water partition coefficient (Wildman–Crippen LogP) is 1.07. The number of rotatable bonds is 13. The van der Waals surface area contributed by atoms with Crippen LogP contribution in [0.1, 0.15) is 46.1 Å². The summed E-state index contributed by atoms with van der Waals surface area (Å²) >= 11 is 0. The maximum Gasteiger partial charge on any atom is 0.253 e. The van der Waals surface area contributed by atoms with Crippen molar-refractivity contribution in [3.05, 3.63) is 29.8 Å². The average molecular weight is 462 g/mol. The van der Waals surface area contributed by atoms with Gasteiger partial charge in [0.15, 0.2) is 18.0 Å². The van der Waals surface area contributed by atoms with E-state index in [-0.39, 0.29) is 42.1 Å². The van der Waals surface area contributed by atoms with E-state index in [0.29, 0.717) is 13.0 Å². The van der Waals surface area contributed by atoms with Crippen LogP contribution in [0.5, 0.6) is 5.75 Å². The number of nitrogens with one attached hydrogen (secondary N) is 2. The number of nitrogens with two attached hydrogens (primary N) is 1. The third-order valence-electron chi connectivity index (χ3n) is 5.37. The van der Waals surface area contributed by atoms with E-state index < -0.39 is 36.0 Å². The van der Waals surface area contributed by atoms with E-state index in [1.807, 2.05) is 27.7 Å². The Balaban J connectivity index is 1.99. The molecule has 5 N–H and O–H groups in total. The molecule has 3 amide bonds. The molecule has 1 saturated heterocycles. The maximum absolute atomic E-state index is 13.0. The monoisotopic (exact) mass is 461 g/mol. The third kappa shape index (κ3) is 8.49. The highest BCUT2D eigenvalue weighted by atomic mass is 16.6. The van der Waals surface area contributed by atoms with Crippen molar-refractivity contribution in [2.24, 2.45) is 23.5 Å². The van der Waals surface area contributed by atoms with Crippen molar-refractivity contribution in [2.75, 3.05) is 6.54 Å². The molecule has 0 spiro atoms. The van der Waals surface area contributed by atoms with Gasteiger partial charge in [-0.3, -0.25) is 19.2 Å². The number of hydrogen-bond acceptors (Lipinski definition) is 6. The molecular weight excluding hydrogens is 426 g/mol. The highest BCUT2D eigenvalue weighted by Crippen LogP contribution is 2.24. The van der Waals surface area contributed by atoms with Crippen LogP contribution in [-0.4, -0.2) is 53.4 Å². The molecule has 1 unspecified atom stereocenters. The number of benzene rings is 1. The number of amides is 3. The Labute approximate surface area is 194 Å². The first-order valence-corrected chi connectivity index (χ1v) is 11.3. The van der Waals surface area contributed by atoms with Gasteiger partial charge in [0.2, 0.25) is 5.91 Å². The van der Waals surface area contributed by atoms with Crippen LogP contribution in [0.4, 0.5) is 0 Å². The number of aromatic hydroxyl groups is 1. The van der Waals surface area contributed by atoms with Gasteiger partial charge >= 0.3 is 0 Å². The summed E-state index contributed by atoms with van der Waals surface area (Å²) in [6.07, 6.45) is -1.28. The van der Waals surface area contributed by atoms with Crippen molar-refractivity contribution in [1.82, 2.24) is 10.6 Å². The molecule has 1 aliphatic heterocycles. The number of carbonyl (C=O) groups is 4. The van der Waals surface area contributed by atoms with Crippen molar-refractivity contribution in [2.45, 2.75) is 65.2 Å². The number of carbonyl (C=O) groups excluding carboxylic acids is 4. The first kappa shape index (κ1) is 26.3. The van der Waals surface area contributed by atoms with Gasteiger partial charge in [-0.1, -0.05) is 39.8 Å². The van der Waals surface area contributed by atoms with E-state index in [2.05, 4.69) is 10.6 Å². The van der Waals surface area contributed by atoms with Crippen LogP contribution < -0.4 is 16.4 Å². The van der Waals surface area contributed by atoms with Crippen molar-refractivity contribution in [1.29, 1.82) is 0 Å². The molecule has 1 aliphatic rings. The molecule has 0 bridgehead atoms. The highest BCUT2D eigenvalue weighted by molar-refractivity contribution is 5.98. The largest absolute Gasteiger partial charge is 0.508 e. The lowest BCUT2D eigenvalue weighted by Crippen LogP contribution is -2.46. The fraction of sp³-hybridized carbons (Fsp3) is 0.583. The van der Waals surface area contributed by atoms with Crippen LogP contribution >= 0.6 is 0 Å². The summed E-state index contributed by atoms with van der Waals surface area (Å²) in [6, 6.07) is 5.51. The summed E-state index contributed by atoms with van der Waals surface area (Å²) < 4.78 is 5.24. The first-order chi connectivity index (χ1) is 15.5. The molecule has 33 heavy (non-hydrogen) atoms. The van der Waals surface area contributed by atoms with Gasteiger partial charge in [-0.05, 0) is 42.4 Å². The van der Waals surface area contributed by atoms with Gasteiger partial charge in [0.05, 0.1) is 6.04 Å². The van der Waals surface area contributed by atoms with Gasteiger partial charge in [0.1, 0.15) is 5.75 Å². The molecule has 1 aromatic carbocycles. The Morgan fingerprint density at radius 3 is 2.15 bits per heavy atom.